The molecule has 1 heterocycles. The largest absolute Gasteiger partial charge is 0.379 e. The van der Waals surface area contributed by atoms with Crippen LogP contribution in [-0.2, 0) is 14.9 Å². The molecule has 0 saturated carbocycles. The molecule has 0 amide bonds. The molecule has 0 spiro atoms. The van der Waals surface area contributed by atoms with Crippen molar-refractivity contribution in [2.24, 2.45) is 5.73 Å². The summed E-state index contributed by atoms with van der Waals surface area (Å²) in [5.74, 6) is 0. The Morgan fingerprint density at radius 3 is 2.54 bits per heavy atom. The van der Waals surface area contributed by atoms with Gasteiger partial charge in [0, 0.05) is 26.2 Å². The predicted octanol–water partition coefficient (Wildman–Crippen LogP) is -1.89. The van der Waals surface area contributed by atoms with Crippen LogP contribution in [0.3, 0.4) is 0 Å². The quantitative estimate of drug-likeness (QED) is 0.567. The summed E-state index contributed by atoms with van der Waals surface area (Å²) in [6, 6.07) is 0. The molecule has 0 unspecified atom stereocenters. The fourth-order valence-corrected chi connectivity index (χ4v) is 2.25. The lowest BCUT2D eigenvalue weighted by molar-refractivity contribution is 0.0725. The van der Waals surface area contributed by atoms with Gasteiger partial charge in [-0.3, -0.25) is 0 Å². The first-order valence-corrected chi connectivity index (χ1v) is 5.63. The zero-order valence-corrected chi connectivity index (χ0v) is 8.22. The van der Waals surface area contributed by atoms with Gasteiger partial charge in [0.15, 0.2) is 0 Å². The summed E-state index contributed by atoms with van der Waals surface area (Å²) < 4.78 is 31.7. The van der Waals surface area contributed by atoms with Gasteiger partial charge in [0.25, 0.3) is 10.2 Å². The highest BCUT2D eigenvalue weighted by molar-refractivity contribution is 7.87. The summed E-state index contributed by atoms with van der Waals surface area (Å²) in [5, 5.41) is 0. The Bertz CT molecular complexity index is 236. The number of morpholine rings is 1. The number of hydrogen-bond donors (Lipinski definition) is 2. The summed E-state index contributed by atoms with van der Waals surface area (Å²) >= 11 is 0. The maximum absolute atomic E-state index is 11.4. The van der Waals surface area contributed by atoms with E-state index in [1.165, 1.54) is 4.31 Å². The van der Waals surface area contributed by atoms with E-state index < -0.39 is 10.2 Å². The standard InChI is InChI=1S/C6H15N3O3S/c7-1-2-8-13(10,11)9-3-5-12-6-4-9/h8H,1-7H2. The Labute approximate surface area is 78.2 Å². The smallest absolute Gasteiger partial charge is 0.279 e. The van der Waals surface area contributed by atoms with Gasteiger partial charge in [-0.05, 0) is 0 Å². The lowest BCUT2D eigenvalue weighted by Crippen LogP contribution is -2.47. The van der Waals surface area contributed by atoms with Crippen LogP contribution in [0.25, 0.3) is 0 Å². The zero-order valence-electron chi connectivity index (χ0n) is 7.40. The Balaban J connectivity index is 2.47. The van der Waals surface area contributed by atoms with Crippen LogP contribution in [0.1, 0.15) is 0 Å². The minimum atomic E-state index is -3.32. The van der Waals surface area contributed by atoms with Crippen molar-refractivity contribution in [2.75, 3.05) is 39.4 Å². The average molecular weight is 209 g/mol. The van der Waals surface area contributed by atoms with E-state index in [9.17, 15) is 8.42 Å². The maximum Gasteiger partial charge on any atom is 0.279 e. The van der Waals surface area contributed by atoms with Crippen molar-refractivity contribution in [3.63, 3.8) is 0 Å². The number of rotatable bonds is 4. The van der Waals surface area contributed by atoms with Gasteiger partial charge in [0.1, 0.15) is 0 Å². The van der Waals surface area contributed by atoms with Crippen LogP contribution in [0, 0.1) is 0 Å². The molecular weight excluding hydrogens is 194 g/mol. The molecule has 0 radical (unpaired) electrons. The van der Waals surface area contributed by atoms with Crippen molar-refractivity contribution < 1.29 is 13.2 Å². The molecule has 1 fully saturated rings. The normalized spacial score (nSPS) is 20.4. The molecule has 1 aliphatic heterocycles. The van der Waals surface area contributed by atoms with E-state index in [-0.39, 0.29) is 6.54 Å². The zero-order chi connectivity index (χ0) is 9.73. The van der Waals surface area contributed by atoms with E-state index in [4.69, 9.17) is 10.5 Å². The Kier molecular flexibility index (Phi) is 4.07. The first-order valence-electron chi connectivity index (χ1n) is 4.19. The molecule has 78 valence electrons. The predicted molar refractivity (Wildman–Crippen MR) is 48.4 cm³/mol. The van der Waals surface area contributed by atoms with Crippen molar-refractivity contribution in [2.45, 2.75) is 0 Å². The van der Waals surface area contributed by atoms with Gasteiger partial charge >= 0.3 is 0 Å². The molecule has 6 nitrogen and oxygen atoms in total. The summed E-state index contributed by atoms with van der Waals surface area (Å²) in [4.78, 5) is 0. The van der Waals surface area contributed by atoms with Gasteiger partial charge in [0.05, 0.1) is 13.2 Å². The summed E-state index contributed by atoms with van der Waals surface area (Å²) in [5.41, 5.74) is 5.20. The number of nitrogens with zero attached hydrogens (tertiary/aromatic N) is 1. The first-order chi connectivity index (χ1) is 6.17. The summed E-state index contributed by atoms with van der Waals surface area (Å²) in [6.45, 7) is 2.34. The first kappa shape index (κ1) is 10.9. The van der Waals surface area contributed by atoms with Crippen LogP contribution in [0.2, 0.25) is 0 Å². The molecular formula is C6H15N3O3S. The van der Waals surface area contributed by atoms with E-state index in [0.29, 0.717) is 32.8 Å². The van der Waals surface area contributed by atoms with Crippen LogP contribution in [-0.4, -0.2) is 52.1 Å². The molecule has 1 aliphatic rings. The minimum absolute atomic E-state index is 0.277. The third-order valence-corrected chi connectivity index (χ3v) is 3.35. The molecule has 0 atom stereocenters. The van der Waals surface area contributed by atoms with E-state index in [1.807, 2.05) is 0 Å². The monoisotopic (exact) mass is 209 g/mol. The van der Waals surface area contributed by atoms with E-state index >= 15 is 0 Å². The van der Waals surface area contributed by atoms with Crippen LogP contribution >= 0.6 is 0 Å². The lowest BCUT2D eigenvalue weighted by atomic mass is 10.5. The van der Waals surface area contributed by atoms with E-state index in [1.54, 1.807) is 0 Å². The second-order valence-corrected chi connectivity index (χ2v) is 4.45. The van der Waals surface area contributed by atoms with Crippen LogP contribution in [0.15, 0.2) is 0 Å². The second-order valence-electron chi connectivity index (χ2n) is 2.70. The molecule has 0 aliphatic carbocycles. The highest BCUT2D eigenvalue weighted by atomic mass is 32.2. The van der Waals surface area contributed by atoms with Crippen LogP contribution < -0.4 is 10.5 Å². The van der Waals surface area contributed by atoms with Crippen LogP contribution in [0.5, 0.6) is 0 Å². The number of hydrogen-bond acceptors (Lipinski definition) is 4. The highest BCUT2D eigenvalue weighted by Gasteiger charge is 2.22. The van der Waals surface area contributed by atoms with Crippen molar-refractivity contribution in [1.29, 1.82) is 0 Å². The van der Waals surface area contributed by atoms with Gasteiger partial charge in [-0.2, -0.15) is 12.7 Å². The van der Waals surface area contributed by atoms with E-state index in [0.717, 1.165) is 0 Å². The van der Waals surface area contributed by atoms with E-state index in [2.05, 4.69) is 4.72 Å². The highest BCUT2D eigenvalue weighted by Crippen LogP contribution is 2.01. The maximum atomic E-state index is 11.4. The molecule has 0 bridgehead atoms. The number of nitrogens with one attached hydrogen (secondary N) is 1. The molecule has 13 heavy (non-hydrogen) atoms. The number of ether oxygens (including phenoxy) is 1. The Morgan fingerprint density at radius 1 is 1.38 bits per heavy atom. The second kappa shape index (κ2) is 4.87. The molecule has 3 N–H and O–H groups in total. The molecule has 7 heteroatoms. The van der Waals surface area contributed by atoms with Gasteiger partial charge in [-0.15, -0.1) is 0 Å². The summed E-state index contributed by atoms with van der Waals surface area (Å²) in [6.07, 6.45) is 0. The van der Waals surface area contributed by atoms with Crippen molar-refractivity contribution in [3.05, 3.63) is 0 Å². The molecule has 0 aromatic heterocycles. The van der Waals surface area contributed by atoms with Gasteiger partial charge in [-0.1, -0.05) is 0 Å². The number of nitrogens with two attached hydrogens (primary N) is 1. The third kappa shape index (κ3) is 3.20. The molecule has 1 saturated heterocycles. The molecule has 0 aromatic carbocycles. The topological polar surface area (TPSA) is 84.7 Å². The third-order valence-electron chi connectivity index (χ3n) is 1.74. The lowest BCUT2D eigenvalue weighted by Gasteiger charge is -2.25. The van der Waals surface area contributed by atoms with Gasteiger partial charge < -0.3 is 10.5 Å². The fourth-order valence-electron chi connectivity index (χ4n) is 1.07. The van der Waals surface area contributed by atoms with Gasteiger partial charge in [-0.25, -0.2) is 4.72 Å². The SMILES string of the molecule is NCCNS(=O)(=O)N1CCOCC1. The Hall–Kier alpha value is -0.210. The van der Waals surface area contributed by atoms with Gasteiger partial charge in [0.2, 0.25) is 0 Å². The fraction of sp³-hybridized carbons (Fsp3) is 1.00. The minimum Gasteiger partial charge on any atom is -0.379 e. The van der Waals surface area contributed by atoms with Crippen LogP contribution in [0.4, 0.5) is 0 Å². The molecule has 1 rings (SSSR count). The Morgan fingerprint density at radius 2 is 2.00 bits per heavy atom. The van der Waals surface area contributed by atoms with Crippen molar-refractivity contribution in [3.8, 4) is 0 Å². The summed E-state index contributed by atoms with van der Waals surface area (Å²) in [7, 11) is -3.32. The molecule has 0 aromatic rings. The van der Waals surface area contributed by atoms with Crippen molar-refractivity contribution >= 4 is 10.2 Å². The average Bonchev–Trinajstić information content (AvgIpc) is 2.16. The van der Waals surface area contributed by atoms with Crippen molar-refractivity contribution in [1.82, 2.24) is 9.03 Å².